The van der Waals surface area contributed by atoms with Gasteiger partial charge in [-0.1, -0.05) is 35.1 Å². The van der Waals surface area contributed by atoms with Gasteiger partial charge in [0.15, 0.2) is 4.80 Å². The number of nitrogens with zero attached hydrogens (tertiary/aromatic N) is 3. The summed E-state index contributed by atoms with van der Waals surface area (Å²) in [5.74, 6) is 0.673. The maximum absolute atomic E-state index is 13.5. The number of carbonyl (C=O) groups is 1. The third-order valence-electron chi connectivity index (χ3n) is 5.07. The summed E-state index contributed by atoms with van der Waals surface area (Å²) in [6, 6.07) is 8.19. The standard InChI is InChI=1S/C23H21BrClN3O4S/c1-5-31-22(30)18-12(2)26-23-28(19(18)13-6-8-14(25)9-7-13)20(29)17(33-23)11-15-10-16(24)21(32-15)27(3)4/h6-11,19H,5H2,1-4H3/b17-11+/t19-/m0/s1. The second-order valence-corrected chi connectivity index (χ2v) is 9.85. The first kappa shape index (κ1) is 23.5. The van der Waals surface area contributed by atoms with E-state index < -0.39 is 12.0 Å². The fourth-order valence-electron chi connectivity index (χ4n) is 3.63. The molecule has 10 heteroatoms. The van der Waals surface area contributed by atoms with Crippen LogP contribution >= 0.6 is 38.9 Å². The number of furan rings is 1. The smallest absolute Gasteiger partial charge is 0.338 e. The Morgan fingerprint density at radius 2 is 2.06 bits per heavy atom. The number of thiazole rings is 1. The average Bonchev–Trinajstić information content (AvgIpc) is 3.27. The zero-order valence-electron chi connectivity index (χ0n) is 18.4. The molecule has 172 valence electrons. The number of carbonyl (C=O) groups excluding carboxylic acids is 1. The minimum absolute atomic E-state index is 0.217. The van der Waals surface area contributed by atoms with Gasteiger partial charge in [0.25, 0.3) is 5.56 Å². The van der Waals surface area contributed by atoms with Crippen molar-refractivity contribution in [2.45, 2.75) is 19.9 Å². The molecule has 0 bridgehead atoms. The largest absolute Gasteiger partial charge is 0.463 e. The number of ether oxygens (including phenoxy) is 1. The first-order valence-corrected chi connectivity index (χ1v) is 12.1. The average molecular weight is 551 g/mol. The third-order valence-corrected chi connectivity index (χ3v) is 6.87. The van der Waals surface area contributed by atoms with Gasteiger partial charge in [-0.15, -0.1) is 0 Å². The predicted molar refractivity (Wildman–Crippen MR) is 133 cm³/mol. The van der Waals surface area contributed by atoms with Crippen molar-refractivity contribution in [2.24, 2.45) is 4.99 Å². The highest BCUT2D eigenvalue weighted by molar-refractivity contribution is 9.10. The Labute approximate surface area is 207 Å². The Balaban J connectivity index is 1.93. The van der Waals surface area contributed by atoms with Crippen LogP contribution in [0.4, 0.5) is 5.88 Å². The number of aromatic nitrogens is 1. The quantitative estimate of drug-likeness (QED) is 0.451. The minimum Gasteiger partial charge on any atom is -0.463 e. The van der Waals surface area contributed by atoms with Gasteiger partial charge in [-0.3, -0.25) is 9.36 Å². The molecule has 3 heterocycles. The number of rotatable bonds is 5. The number of halogens is 2. The molecule has 1 aliphatic heterocycles. The van der Waals surface area contributed by atoms with E-state index in [2.05, 4.69) is 20.9 Å². The molecular weight excluding hydrogens is 530 g/mol. The molecule has 3 aromatic rings. The molecule has 1 aliphatic rings. The van der Waals surface area contributed by atoms with E-state index in [9.17, 15) is 9.59 Å². The molecule has 0 aliphatic carbocycles. The molecule has 0 saturated heterocycles. The molecule has 4 rings (SSSR count). The van der Waals surface area contributed by atoms with E-state index in [0.717, 1.165) is 10.0 Å². The first-order valence-electron chi connectivity index (χ1n) is 10.1. The lowest BCUT2D eigenvalue weighted by atomic mass is 9.96. The van der Waals surface area contributed by atoms with Crippen LogP contribution in [0.2, 0.25) is 5.02 Å². The van der Waals surface area contributed by atoms with Crippen molar-refractivity contribution in [3.63, 3.8) is 0 Å². The van der Waals surface area contributed by atoms with Crippen molar-refractivity contribution in [2.75, 3.05) is 25.6 Å². The molecule has 2 aromatic heterocycles. The summed E-state index contributed by atoms with van der Waals surface area (Å²) in [6.07, 6.45) is 1.68. The fourth-order valence-corrected chi connectivity index (χ4v) is 5.45. The van der Waals surface area contributed by atoms with E-state index in [1.807, 2.05) is 19.0 Å². The summed E-state index contributed by atoms with van der Waals surface area (Å²) in [4.78, 5) is 33.3. The van der Waals surface area contributed by atoms with Crippen molar-refractivity contribution in [1.29, 1.82) is 0 Å². The number of fused-ring (bicyclic) bond motifs is 1. The number of allylic oxidation sites excluding steroid dienone is 1. The van der Waals surface area contributed by atoms with Gasteiger partial charge in [0.05, 0.1) is 32.9 Å². The lowest BCUT2D eigenvalue weighted by molar-refractivity contribution is -0.139. The van der Waals surface area contributed by atoms with Crippen molar-refractivity contribution < 1.29 is 13.9 Å². The molecular formula is C23H21BrClN3O4S. The third kappa shape index (κ3) is 4.45. The monoisotopic (exact) mass is 549 g/mol. The second-order valence-electron chi connectivity index (χ2n) is 7.55. The van der Waals surface area contributed by atoms with Crippen molar-refractivity contribution in [3.8, 4) is 0 Å². The highest BCUT2D eigenvalue weighted by Gasteiger charge is 2.33. The SMILES string of the molecule is CCOC(=O)C1=C(C)N=c2s/c(=C/c3cc(Br)c(N(C)C)o3)c(=O)n2[C@H]1c1ccc(Cl)cc1. The van der Waals surface area contributed by atoms with Crippen LogP contribution in [-0.4, -0.2) is 31.2 Å². The number of esters is 1. The summed E-state index contributed by atoms with van der Waals surface area (Å²) in [7, 11) is 3.74. The van der Waals surface area contributed by atoms with E-state index in [0.29, 0.717) is 37.3 Å². The van der Waals surface area contributed by atoms with Gasteiger partial charge < -0.3 is 14.1 Å². The van der Waals surface area contributed by atoms with E-state index in [4.69, 9.17) is 20.8 Å². The molecule has 0 saturated carbocycles. The Morgan fingerprint density at radius 3 is 2.67 bits per heavy atom. The summed E-state index contributed by atoms with van der Waals surface area (Å²) in [6.45, 7) is 3.71. The molecule has 0 spiro atoms. The topological polar surface area (TPSA) is 77.0 Å². The maximum atomic E-state index is 13.5. The van der Waals surface area contributed by atoms with Gasteiger partial charge in [0.1, 0.15) is 5.76 Å². The van der Waals surface area contributed by atoms with Crippen LogP contribution in [0.1, 0.15) is 31.2 Å². The number of anilines is 1. The van der Waals surface area contributed by atoms with Gasteiger partial charge in [0.2, 0.25) is 5.88 Å². The molecule has 0 radical (unpaired) electrons. The van der Waals surface area contributed by atoms with Crippen molar-refractivity contribution in [3.05, 3.63) is 82.1 Å². The van der Waals surface area contributed by atoms with Crippen LogP contribution in [0.3, 0.4) is 0 Å². The Bertz CT molecular complexity index is 1430. The summed E-state index contributed by atoms with van der Waals surface area (Å²) in [5, 5.41) is 0.560. The summed E-state index contributed by atoms with van der Waals surface area (Å²) in [5.41, 5.74) is 1.30. The lowest BCUT2D eigenvalue weighted by Crippen LogP contribution is -2.39. The van der Waals surface area contributed by atoms with Crippen molar-refractivity contribution >= 4 is 56.8 Å². The highest BCUT2D eigenvalue weighted by Crippen LogP contribution is 2.32. The lowest BCUT2D eigenvalue weighted by Gasteiger charge is -2.24. The predicted octanol–water partition coefficient (Wildman–Crippen LogP) is 3.87. The normalized spacial score (nSPS) is 15.9. The molecule has 0 unspecified atom stereocenters. The van der Waals surface area contributed by atoms with Crippen LogP contribution in [-0.2, 0) is 9.53 Å². The molecule has 1 aromatic carbocycles. The van der Waals surface area contributed by atoms with Crippen LogP contribution in [0.5, 0.6) is 0 Å². The molecule has 7 nitrogen and oxygen atoms in total. The Morgan fingerprint density at radius 1 is 1.36 bits per heavy atom. The molecule has 0 N–H and O–H groups in total. The zero-order valence-corrected chi connectivity index (χ0v) is 21.5. The first-order chi connectivity index (χ1) is 15.7. The molecule has 33 heavy (non-hydrogen) atoms. The van der Waals surface area contributed by atoms with E-state index in [-0.39, 0.29) is 12.2 Å². The fraction of sp³-hybridized carbons (Fsp3) is 0.261. The number of hydrogen-bond donors (Lipinski definition) is 0. The molecule has 1 atom stereocenters. The van der Waals surface area contributed by atoms with Crippen LogP contribution in [0.25, 0.3) is 6.08 Å². The van der Waals surface area contributed by atoms with Crippen LogP contribution in [0, 0.1) is 0 Å². The van der Waals surface area contributed by atoms with Gasteiger partial charge in [-0.25, -0.2) is 9.79 Å². The van der Waals surface area contributed by atoms with Gasteiger partial charge in [-0.05, 0) is 47.5 Å². The van der Waals surface area contributed by atoms with Gasteiger partial charge in [0, 0.05) is 31.3 Å². The van der Waals surface area contributed by atoms with E-state index in [1.165, 1.54) is 15.9 Å². The number of benzene rings is 1. The second kappa shape index (κ2) is 9.32. The van der Waals surface area contributed by atoms with Crippen molar-refractivity contribution in [1.82, 2.24) is 4.57 Å². The number of hydrogen-bond acceptors (Lipinski definition) is 7. The zero-order chi connectivity index (χ0) is 23.9. The summed E-state index contributed by atoms with van der Waals surface area (Å²) < 4.78 is 13.9. The van der Waals surface area contributed by atoms with E-state index in [1.54, 1.807) is 50.3 Å². The van der Waals surface area contributed by atoms with Crippen LogP contribution in [0.15, 0.2) is 60.3 Å². The Hall–Kier alpha value is -2.62. The van der Waals surface area contributed by atoms with Crippen LogP contribution < -0.4 is 19.8 Å². The molecule has 0 fully saturated rings. The molecule has 0 amide bonds. The van der Waals surface area contributed by atoms with E-state index >= 15 is 0 Å². The van der Waals surface area contributed by atoms with Gasteiger partial charge in [-0.2, -0.15) is 0 Å². The minimum atomic E-state index is -0.680. The highest BCUT2D eigenvalue weighted by atomic mass is 79.9. The summed E-state index contributed by atoms with van der Waals surface area (Å²) >= 11 is 10.8. The Kier molecular flexibility index (Phi) is 6.65. The van der Waals surface area contributed by atoms with Gasteiger partial charge >= 0.3 is 5.97 Å². The maximum Gasteiger partial charge on any atom is 0.338 e.